The van der Waals surface area contributed by atoms with E-state index in [9.17, 15) is 5.11 Å². The van der Waals surface area contributed by atoms with Crippen molar-refractivity contribution in [1.82, 2.24) is 0 Å². The molecule has 0 heterocycles. The molecule has 0 bridgehead atoms. The average Bonchev–Trinajstić information content (AvgIpc) is 2.80. The normalized spacial score (nSPS) is 56.3. The lowest BCUT2D eigenvalue weighted by molar-refractivity contribution is 0.00315. The summed E-state index contributed by atoms with van der Waals surface area (Å²) in [6, 6.07) is 0. The summed E-state index contributed by atoms with van der Waals surface area (Å²) in [5, 5.41) is 10.4. The molecule has 0 amide bonds. The molecule has 3 aliphatic carbocycles. The molecule has 0 aromatic rings. The van der Waals surface area contributed by atoms with Crippen LogP contribution in [-0.4, -0.2) is 10.7 Å². The Morgan fingerprint density at radius 3 is 3.00 bits per heavy atom. The monoisotopic (exact) mass is 192 g/mol. The first-order valence-electron chi connectivity index (χ1n) is 5.99. The largest absolute Gasteiger partial charge is 0.390 e. The van der Waals surface area contributed by atoms with Gasteiger partial charge >= 0.3 is 0 Å². The maximum absolute atomic E-state index is 10.4. The van der Waals surface area contributed by atoms with Crippen LogP contribution in [0.2, 0.25) is 0 Å². The summed E-state index contributed by atoms with van der Waals surface area (Å²) in [4.78, 5) is 0. The van der Waals surface area contributed by atoms with Gasteiger partial charge in [-0.25, -0.2) is 0 Å². The zero-order valence-corrected chi connectivity index (χ0v) is 9.00. The van der Waals surface area contributed by atoms with Gasteiger partial charge in [0.15, 0.2) is 0 Å². The predicted octanol–water partition coefficient (Wildman–Crippen LogP) is 2.75. The van der Waals surface area contributed by atoms with E-state index in [1.807, 2.05) is 6.92 Å². The second-order valence-electron chi connectivity index (χ2n) is 5.88. The van der Waals surface area contributed by atoms with Gasteiger partial charge in [0, 0.05) is 0 Å². The van der Waals surface area contributed by atoms with Crippen molar-refractivity contribution in [1.29, 1.82) is 0 Å². The third-order valence-corrected chi connectivity index (χ3v) is 4.91. The molecule has 78 valence electrons. The van der Waals surface area contributed by atoms with Crippen molar-refractivity contribution in [2.45, 2.75) is 44.6 Å². The molecule has 3 fully saturated rings. The van der Waals surface area contributed by atoms with E-state index in [0.717, 1.165) is 18.3 Å². The summed E-state index contributed by atoms with van der Waals surface area (Å²) < 4.78 is 0. The lowest BCUT2D eigenvalue weighted by Crippen LogP contribution is -2.33. The average molecular weight is 192 g/mol. The van der Waals surface area contributed by atoms with Crippen LogP contribution in [0.4, 0.5) is 0 Å². The van der Waals surface area contributed by atoms with Crippen molar-refractivity contribution in [2.75, 3.05) is 0 Å². The molecule has 1 heteroatoms. The minimum Gasteiger partial charge on any atom is -0.390 e. The molecule has 1 nitrogen and oxygen atoms in total. The summed E-state index contributed by atoms with van der Waals surface area (Å²) in [5.74, 6) is 2.94. The van der Waals surface area contributed by atoms with Crippen molar-refractivity contribution >= 4 is 0 Å². The first-order valence-corrected chi connectivity index (χ1v) is 5.99. The van der Waals surface area contributed by atoms with Crippen LogP contribution in [0.25, 0.3) is 0 Å². The van der Waals surface area contributed by atoms with Gasteiger partial charge in [0.05, 0.1) is 5.60 Å². The lowest BCUT2D eigenvalue weighted by atomic mass is 9.80. The summed E-state index contributed by atoms with van der Waals surface area (Å²) in [5.41, 5.74) is 1.04. The molecular weight excluding hydrogens is 172 g/mol. The molecule has 3 aliphatic rings. The van der Waals surface area contributed by atoms with Crippen LogP contribution in [0.1, 0.15) is 39.0 Å². The van der Waals surface area contributed by atoms with Crippen molar-refractivity contribution in [2.24, 2.45) is 23.7 Å². The van der Waals surface area contributed by atoms with Crippen LogP contribution in [0, 0.1) is 23.7 Å². The van der Waals surface area contributed by atoms with Crippen LogP contribution < -0.4 is 0 Å². The number of rotatable bonds is 0. The molecule has 0 radical (unpaired) electrons. The van der Waals surface area contributed by atoms with Crippen molar-refractivity contribution in [3.05, 3.63) is 12.2 Å². The fraction of sp³-hybridized carbons (Fsp3) is 0.846. The zero-order chi connectivity index (χ0) is 9.92. The Bertz CT molecular complexity index is 279. The molecule has 0 unspecified atom stereocenters. The summed E-state index contributed by atoms with van der Waals surface area (Å²) in [6.07, 6.45) is 6.11. The van der Waals surface area contributed by atoms with Gasteiger partial charge in [-0.3, -0.25) is 0 Å². The van der Waals surface area contributed by atoms with Gasteiger partial charge in [-0.15, -0.1) is 0 Å². The Hall–Kier alpha value is -0.300. The Balaban J connectivity index is 1.94. The lowest BCUT2D eigenvalue weighted by Gasteiger charge is -2.29. The minimum atomic E-state index is -0.392. The van der Waals surface area contributed by atoms with Crippen molar-refractivity contribution in [3.63, 3.8) is 0 Å². The van der Waals surface area contributed by atoms with Crippen LogP contribution >= 0.6 is 0 Å². The molecule has 0 spiro atoms. The minimum absolute atomic E-state index is 0.392. The molecule has 0 aromatic heterocycles. The number of aliphatic hydroxyl groups is 1. The van der Waals surface area contributed by atoms with E-state index < -0.39 is 5.60 Å². The molecule has 0 aromatic carbocycles. The van der Waals surface area contributed by atoms with Crippen LogP contribution in [-0.2, 0) is 0 Å². The Kier molecular flexibility index (Phi) is 1.69. The molecule has 14 heavy (non-hydrogen) atoms. The van der Waals surface area contributed by atoms with E-state index in [1.54, 1.807) is 0 Å². The van der Waals surface area contributed by atoms with E-state index in [1.165, 1.54) is 31.3 Å². The van der Waals surface area contributed by atoms with Gasteiger partial charge in [-0.1, -0.05) is 12.2 Å². The highest BCUT2D eigenvalue weighted by atomic mass is 16.3. The Morgan fingerprint density at radius 2 is 2.21 bits per heavy atom. The van der Waals surface area contributed by atoms with Crippen molar-refractivity contribution < 1.29 is 5.11 Å². The fourth-order valence-electron chi connectivity index (χ4n) is 4.04. The number of allylic oxidation sites excluding steroid dienone is 1. The van der Waals surface area contributed by atoms with Crippen LogP contribution in [0.15, 0.2) is 12.2 Å². The third-order valence-electron chi connectivity index (χ3n) is 4.91. The molecule has 1 N–H and O–H groups in total. The molecular formula is C13H20O. The first kappa shape index (κ1) is 8.96. The van der Waals surface area contributed by atoms with Crippen LogP contribution in [0.3, 0.4) is 0 Å². The molecule has 3 rings (SSSR count). The second-order valence-corrected chi connectivity index (χ2v) is 5.88. The fourth-order valence-corrected chi connectivity index (χ4v) is 4.04. The van der Waals surface area contributed by atoms with E-state index in [4.69, 9.17) is 0 Å². The number of fused-ring (bicyclic) bond motifs is 3. The molecule has 0 aliphatic heterocycles. The van der Waals surface area contributed by atoms with Crippen molar-refractivity contribution in [3.8, 4) is 0 Å². The smallest absolute Gasteiger partial charge is 0.0656 e. The topological polar surface area (TPSA) is 20.2 Å². The van der Waals surface area contributed by atoms with Gasteiger partial charge in [-0.2, -0.15) is 0 Å². The summed E-state index contributed by atoms with van der Waals surface area (Å²) in [7, 11) is 0. The SMILES string of the molecule is C=C1CC[C@H]2C[C@H]2[C@H]2[C@H]1CC[C@]2(C)O. The zero-order valence-electron chi connectivity index (χ0n) is 9.00. The van der Waals surface area contributed by atoms with Gasteiger partial charge in [0.2, 0.25) is 0 Å². The van der Waals surface area contributed by atoms with Gasteiger partial charge < -0.3 is 5.11 Å². The number of hydrogen-bond acceptors (Lipinski definition) is 1. The van der Waals surface area contributed by atoms with Gasteiger partial charge in [0.1, 0.15) is 0 Å². The predicted molar refractivity (Wildman–Crippen MR) is 56.8 cm³/mol. The van der Waals surface area contributed by atoms with E-state index in [-0.39, 0.29) is 0 Å². The molecule has 5 atom stereocenters. The summed E-state index contributed by atoms with van der Waals surface area (Å²) >= 11 is 0. The number of hydrogen-bond donors (Lipinski definition) is 1. The maximum Gasteiger partial charge on any atom is 0.0656 e. The Labute approximate surface area is 86.2 Å². The highest BCUT2D eigenvalue weighted by molar-refractivity contribution is 5.17. The van der Waals surface area contributed by atoms with Gasteiger partial charge in [-0.05, 0) is 62.7 Å². The van der Waals surface area contributed by atoms with Crippen LogP contribution in [0.5, 0.6) is 0 Å². The third kappa shape index (κ3) is 1.11. The molecule has 0 saturated heterocycles. The van der Waals surface area contributed by atoms with E-state index in [0.29, 0.717) is 11.8 Å². The van der Waals surface area contributed by atoms with E-state index >= 15 is 0 Å². The quantitative estimate of drug-likeness (QED) is 0.585. The standard InChI is InChI=1S/C13H20O/c1-8-3-4-9-7-11(9)12-10(8)5-6-13(12,2)14/h9-12,14H,1,3-7H2,2H3/t9-,10-,11+,12+,13-/m0/s1. The Morgan fingerprint density at radius 1 is 1.43 bits per heavy atom. The van der Waals surface area contributed by atoms with E-state index in [2.05, 4.69) is 6.58 Å². The second kappa shape index (κ2) is 2.63. The first-order chi connectivity index (χ1) is 6.59. The molecule has 3 saturated carbocycles. The highest BCUT2D eigenvalue weighted by Gasteiger charge is 2.57. The maximum atomic E-state index is 10.4. The highest BCUT2D eigenvalue weighted by Crippen LogP contribution is 2.61. The van der Waals surface area contributed by atoms with Gasteiger partial charge in [0.25, 0.3) is 0 Å². The summed E-state index contributed by atoms with van der Waals surface area (Å²) in [6.45, 7) is 6.27.